The maximum Gasteiger partial charge on any atom is 0.240 e. The molecule has 2 aromatic heterocycles. The number of piperidine rings is 1. The number of likely N-dealkylation sites (tertiary alicyclic amines) is 1. The van der Waals surface area contributed by atoms with Gasteiger partial charge >= 0.3 is 0 Å². The highest BCUT2D eigenvalue weighted by atomic mass is 32.1. The topological polar surface area (TPSA) is 91.2 Å². The minimum atomic E-state index is -0.851. The van der Waals surface area contributed by atoms with Gasteiger partial charge < -0.3 is 5.11 Å². The molecule has 0 aromatic carbocycles. The number of aryl methyl sites for hydroxylation is 1. The molecule has 0 unspecified atom stereocenters. The maximum absolute atomic E-state index is 12.1. The number of aliphatic hydroxyl groups is 1. The smallest absolute Gasteiger partial charge is 0.240 e. The molecule has 0 aliphatic carbocycles. The summed E-state index contributed by atoms with van der Waals surface area (Å²) in [6.45, 7) is 3.62. The molecule has 2 N–H and O–H groups in total. The van der Waals surface area contributed by atoms with Gasteiger partial charge in [0.2, 0.25) is 11.0 Å². The van der Waals surface area contributed by atoms with Gasteiger partial charge in [0.15, 0.2) is 0 Å². The lowest BCUT2D eigenvalue weighted by atomic mass is 9.85. The molecule has 3 rings (SSSR count). The number of hydrogen-bond donors (Lipinski definition) is 2. The SMILES string of the molecule is CCc1nnc(NC(=O)CN2CCC(O)(c3cccnc3)CC2)s1. The molecule has 2 aromatic rings. The van der Waals surface area contributed by atoms with Crippen LogP contribution in [0.4, 0.5) is 5.13 Å². The highest BCUT2D eigenvalue weighted by Gasteiger charge is 2.34. The van der Waals surface area contributed by atoms with Gasteiger partial charge in [-0.25, -0.2) is 0 Å². The first-order valence-corrected chi connectivity index (χ1v) is 8.88. The predicted octanol–water partition coefficient (Wildman–Crippen LogP) is 1.42. The van der Waals surface area contributed by atoms with Crippen molar-refractivity contribution < 1.29 is 9.90 Å². The van der Waals surface area contributed by atoms with Crippen molar-refractivity contribution in [1.29, 1.82) is 0 Å². The van der Waals surface area contributed by atoms with Gasteiger partial charge in [-0.2, -0.15) is 0 Å². The fourth-order valence-corrected chi connectivity index (χ4v) is 3.51. The standard InChI is InChI=1S/C16H21N5O2S/c1-2-14-19-20-15(24-14)18-13(22)11-21-8-5-16(23,6-9-21)12-4-3-7-17-10-12/h3-4,7,10,23H,2,5-6,8-9,11H2,1H3,(H,18,20,22). The molecular formula is C16H21N5O2S. The molecule has 0 radical (unpaired) electrons. The molecule has 0 spiro atoms. The highest BCUT2D eigenvalue weighted by Crippen LogP contribution is 2.32. The van der Waals surface area contributed by atoms with Gasteiger partial charge in [-0.05, 0) is 25.3 Å². The van der Waals surface area contributed by atoms with E-state index in [9.17, 15) is 9.90 Å². The van der Waals surface area contributed by atoms with Gasteiger partial charge in [0.1, 0.15) is 5.01 Å². The number of nitrogens with one attached hydrogen (secondary N) is 1. The van der Waals surface area contributed by atoms with Crippen LogP contribution in [0.25, 0.3) is 0 Å². The van der Waals surface area contributed by atoms with Crippen LogP contribution in [0, 0.1) is 0 Å². The minimum absolute atomic E-state index is 0.0966. The second kappa shape index (κ2) is 7.33. The Hall–Kier alpha value is -1.90. The minimum Gasteiger partial charge on any atom is -0.385 e. The molecule has 0 atom stereocenters. The molecule has 1 aliphatic rings. The van der Waals surface area contributed by atoms with E-state index in [1.807, 2.05) is 24.0 Å². The Morgan fingerprint density at radius 2 is 2.21 bits per heavy atom. The molecule has 24 heavy (non-hydrogen) atoms. The number of pyridine rings is 1. The number of nitrogens with zero attached hydrogens (tertiary/aromatic N) is 4. The van der Waals surface area contributed by atoms with Gasteiger partial charge in [-0.1, -0.05) is 24.3 Å². The van der Waals surface area contributed by atoms with Crippen molar-refractivity contribution in [3.8, 4) is 0 Å². The van der Waals surface area contributed by atoms with E-state index in [1.54, 1.807) is 12.4 Å². The van der Waals surface area contributed by atoms with Gasteiger partial charge in [-0.3, -0.25) is 20.0 Å². The summed E-state index contributed by atoms with van der Waals surface area (Å²) in [5.74, 6) is -0.0966. The molecule has 1 saturated heterocycles. The normalized spacial score (nSPS) is 17.6. The molecule has 1 amide bonds. The molecule has 3 heterocycles. The molecule has 8 heteroatoms. The van der Waals surface area contributed by atoms with Crippen LogP contribution in [0.5, 0.6) is 0 Å². The summed E-state index contributed by atoms with van der Waals surface area (Å²) < 4.78 is 0. The molecular weight excluding hydrogens is 326 g/mol. The number of rotatable bonds is 5. The zero-order valence-electron chi connectivity index (χ0n) is 13.6. The Bertz CT molecular complexity index is 683. The van der Waals surface area contributed by atoms with Crippen LogP contribution in [0.3, 0.4) is 0 Å². The summed E-state index contributed by atoms with van der Waals surface area (Å²) in [6.07, 6.45) is 5.40. The first-order valence-electron chi connectivity index (χ1n) is 8.06. The van der Waals surface area contributed by atoms with Crippen LogP contribution < -0.4 is 5.32 Å². The Kier molecular flexibility index (Phi) is 5.17. The van der Waals surface area contributed by atoms with Crippen molar-refractivity contribution in [2.75, 3.05) is 25.0 Å². The van der Waals surface area contributed by atoms with E-state index in [1.165, 1.54) is 11.3 Å². The largest absolute Gasteiger partial charge is 0.385 e. The summed E-state index contributed by atoms with van der Waals surface area (Å²) in [5.41, 5.74) is -0.00806. The van der Waals surface area contributed by atoms with Crippen LogP contribution in [0.15, 0.2) is 24.5 Å². The van der Waals surface area contributed by atoms with E-state index >= 15 is 0 Å². The van der Waals surface area contributed by atoms with Crippen molar-refractivity contribution in [2.24, 2.45) is 0 Å². The van der Waals surface area contributed by atoms with E-state index in [-0.39, 0.29) is 5.91 Å². The van der Waals surface area contributed by atoms with Crippen LogP contribution in [-0.2, 0) is 16.8 Å². The van der Waals surface area contributed by atoms with Crippen molar-refractivity contribution >= 4 is 22.4 Å². The Labute approximate surface area is 144 Å². The predicted molar refractivity (Wildman–Crippen MR) is 91.7 cm³/mol. The molecule has 128 valence electrons. The van der Waals surface area contributed by atoms with Crippen molar-refractivity contribution in [2.45, 2.75) is 31.8 Å². The van der Waals surface area contributed by atoms with E-state index in [2.05, 4.69) is 20.5 Å². The maximum atomic E-state index is 12.1. The number of amides is 1. The molecule has 0 bridgehead atoms. The molecule has 0 saturated carbocycles. The van der Waals surface area contributed by atoms with Crippen molar-refractivity contribution in [1.82, 2.24) is 20.1 Å². The number of hydrogen-bond acceptors (Lipinski definition) is 7. The fraction of sp³-hybridized carbons (Fsp3) is 0.500. The fourth-order valence-electron chi connectivity index (χ4n) is 2.82. The Balaban J connectivity index is 1.51. The second-order valence-electron chi connectivity index (χ2n) is 5.95. The summed E-state index contributed by atoms with van der Waals surface area (Å²) in [7, 11) is 0. The summed E-state index contributed by atoms with van der Waals surface area (Å²) in [5, 5.41) is 23.0. The van der Waals surface area contributed by atoms with E-state index in [4.69, 9.17) is 0 Å². The third-order valence-electron chi connectivity index (χ3n) is 4.26. The summed E-state index contributed by atoms with van der Waals surface area (Å²) in [6, 6.07) is 3.73. The quantitative estimate of drug-likeness (QED) is 0.850. The lowest BCUT2D eigenvalue weighted by Gasteiger charge is -2.37. The summed E-state index contributed by atoms with van der Waals surface area (Å²) >= 11 is 1.40. The third-order valence-corrected chi connectivity index (χ3v) is 5.25. The zero-order chi connectivity index (χ0) is 17.0. The van der Waals surface area contributed by atoms with Crippen LogP contribution >= 0.6 is 11.3 Å². The van der Waals surface area contributed by atoms with Crippen LogP contribution in [0.1, 0.15) is 30.3 Å². The third kappa shape index (κ3) is 3.95. The average molecular weight is 347 g/mol. The molecule has 1 fully saturated rings. The van der Waals surface area contributed by atoms with Gasteiger partial charge in [0.05, 0.1) is 12.1 Å². The summed E-state index contributed by atoms with van der Waals surface area (Å²) in [4.78, 5) is 18.2. The number of carbonyl (C=O) groups is 1. The highest BCUT2D eigenvalue weighted by molar-refractivity contribution is 7.15. The number of anilines is 1. The number of aromatic nitrogens is 3. The van der Waals surface area contributed by atoms with Gasteiger partial charge in [-0.15, -0.1) is 10.2 Å². The van der Waals surface area contributed by atoms with E-state index in [0.29, 0.717) is 37.6 Å². The van der Waals surface area contributed by atoms with Crippen molar-refractivity contribution in [3.63, 3.8) is 0 Å². The zero-order valence-corrected chi connectivity index (χ0v) is 14.4. The van der Waals surface area contributed by atoms with Gasteiger partial charge in [0.25, 0.3) is 0 Å². The van der Waals surface area contributed by atoms with E-state index in [0.717, 1.165) is 17.0 Å². The Morgan fingerprint density at radius 1 is 1.42 bits per heavy atom. The lowest BCUT2D eigenvalue weighted by Crippen LogP contribution is -2.45. The molecule has 1 aliphatic heterocycles. The Morgan fingerprint density at radius 3 is 2.83 bits per heavy atom. The first kappa shape index (κ1) is 16.9. The monoisotopic (exact) mass is 347 g/mol. The second-order valence-corrected chi connectivity index (χ2v) is 7.01. The van der Waals surface area contributed by atoms with Crippen LogP contribution in [0.2, 0.25) is 0 Å². The van der Waals surface area contributed by atoms with Gasteiger partial charge in [0, 0.05) is 31.0 Å². The van der Waals surface area contributed by atoms with Crippen LogP contribution in [-0.4, -0.2) is 50.7 Å². The number of carbonyl (C=O) groups excluding carboxylic acids is 1. The van der Waals surface area contributed by atoms with Crippen molar-refractivity contribution in [3.05, 3.63) is 35.1 Å². The lowest BCUT2D eigenvalue weighted by molar-refractivity contribution is -0.118. The first-order chi connectivity index (χ1) is 11.6. The van der Waals surface area contributed by atoms with E-state index < -0.39 is 5.60 Å². The molecule has 7 nitrogen and oxygen atoms in total. The average Bonchev–Trinajstić information content (AvgIpc) is 3.05.